The van der Waals surface area contributed by atoms with Crippen LogP contribution in [-0.4, -0.2) is 45.9 Å². The largest absolute Gasteiger partial charge is 0.367 e. The molecule has 2 heterocycles. The number of nitrogens with one attached hydrogen (secondary N) is 1. The number of rotatable bonds is 2. The summed E-state index contributed by atoms with van der Waals surface area (Å²) in [6, 6.07) is 8.85. The van der Waals surface area contributed by atoms with Gasteiger partial charge in [-0.2, -0.15) is 0 Å². The first-order chi connectivity index (χ1) is 10.6. The average Bonchev–Trinajstić information content (AvgIpc) is 3.01. The van der Waals surface area contributed by atoms with E-state index in [0.717, 1.165) is 13.1 Å². The van der Waals surface area contributed by atoms with Crippen molar-refractivity contribution >= 4 is 11.6 Å². The molecule has 0 saturated carbocycles. The molecule has 0 radical (unpaired) electrons. The van der Waals surface area contributed by atoms with Gasteiger partial charge in [-0.05, 0) is 32.9 Å². The third-order valence-corrected chi connectivity index (χ3v) is 4.25. The van der Waals surface area contributed by atoms with E-state index in [1.165, 1.54) is 11.3 Å². The minimum atomic E-state index is -0.0199. The molecule has 1 saturated heterocycles. The SMILES string of the molecule is Cc1ccc(N2C[C@@H](C)N(C(=O)c3ncc[nH]3)[C@@H](C)C2)cc1. The molecule has 1 N–H and O–H groups in total. The van der Waals surface area contributed by atoms with E-state index in [9.17, 15) is 4.79 Å². The standard InChI is InChI=1S/C17H22N4O/c1-12-4-6-15(7-5-12)20-10-13(2)21(14(3)11-20)17(22)16-18-8-9-19-16/h4-9,13-14H,10-11H2,1-3H3,(H,18,19)/t13-,14+. The summed E-state index contributed by atoms with van der Waals surface area (Å²) in [7, 11) is 0. The van der Waals surface area contributed by atoms with Crippen molar-refractivity contribution < 1.29 is 4.79 Å². The van der Waals surface area contributed by atoms with Crippen LogP contribution in [0.15, 0.2) is 36.7 Å². The van der Waals surface area contributed by atoms with Crippen molar-refractivity contribution in [2.75, 3.05) is 18.0 Å². The van der Waals surface area contributed by atoms with E-state index >= 15 is 0 Å². The molecule has 1 aliphatic heterocycles. The first kappa shape index (κ1) is 14.6. The average molecular weight is 298 g/mol. The molecule has 116 valence electrons. The molecule has 2 aromatic rings. The zero-order chi connectivity index (χ0) is 15.7. The number of benzene rings is 1. The van der Waals surface area contributed by atoms with Gasteiger partial charge >= 0.3 is 0 Å². The number of nitrogens with zero attached hydrogens (tertiary/aromatic N) is 3. The van der Waals surface area contributed by atoms with Crippen LogP contribution in [0.3, 0.4) is 0 Å². The zero-order valence-corrected chi connectivity index (χ0v) is 13.3. The maximum absolute atomic E-state index is 12.6. The van der Waals surface area contributed by atoms with Gasteiger partial charge in [0.1, 0.15) is 0 Å². The highest BCUT2D eigenvalue weighted by Gasteiger charge is 2.34. The molecule has 0 unspecified atom stereocenters. The van der Waals surface area contributed by atoms with Crippen molar-refractivity contribution in [2.24, 2.45) is 0 Å². The molecule has 0 bridgehead atoms. The highest BCUT2D eigenvalue weighted by Crippen LogP contribution is 2.23. The summed E-state index contributed by atoms with van der Waals surface area (Å²) in [6.07, 6.45) is 3.30. The molecule has 1 amide bonds. The lowest BCUT2D eigenvalue weighted by atomic mass is 10.1. The molecule has 1 aromatic heterocycles. The number of anilines is 1. The van der Waals surface area contributed by atoms with Crippen molar-refractivity contribution in [3.05, 3.63) is 48.0 Å². The summed E-state index contributed by atoms with van der Waals surface area (Å²) in [6.45, 7) is 7.95. The van der Waals surface area contributed by atoms with E-state index < -0.39 is 0 Å². The van der Waals surface area contributed by atoms with Gasteiger partial charge in [0.25, 0.3) is 5.91 Å². The van der Waals surface area contributed by atoms with E-state index in [-0.39, 0.29) is 18.0 Å². The van der Waals surface area contributed by atoms with Crippen LogP contribution in [0.4, 0.5) is 5.69 Å². The van der Waals surface area contributed by atoms with Gasteiger partial charge in [0.2, 0.25) is 0 Å². The molecule has 1 aromatic carbocycles. The Labute approximate surface area is 131 Å². The van der Waals surface area contributed by atoms with Gasteiger partial charge in [0, 0.05) is 43.3 Å². The number of aryl methyl sites for hydroxylation is 1. The van der Waals surface area contributed by atoms with Crippen molar-refractivity contribution in [3.8, 4) is 0 Å². The molecule has 0 aliphatic carbocycles. The first-order valence-corrected chi connectivity index (χ1v) is 7.70. The summed E-state index contributed by atoms with van der Waals surface area (Å²) in [5, 5.41) is 0. The minimum absolute atomic E-state index is 0.0199. The fourth-order valence-corrected chi connectivity index (χ4v) is 3.19. The number of piperazine rings is 1. The number of aromatic nitrogens is 2. The molecule has 2 atom stereocenters. The molecule has 5 nitrogen and oxygen atoms in total. The molecular weight excluding hydrogens is 276 g/mol. The number of amides is 1. The number of carbonyl (C=O) groups is 1. The van der Waals surface area contributed by atoms with E-state index in [0.29, 0.717) is 5.82 Å². The Hall–Kier alpha value is -2.30. The van der Waals surface area contributed by atoms with Crippen molar-refractivity contribution in [3.63, 3.8) is 0 Å². The second-order valence-corrected chi connectivity index (χ2v) is 6.09. The number of hydrogen-bond acceptors (Lipinski definition) is 3. The number of aromatic amines is 1. The van der Waals surface area contributed by atoms with Gasteiger partial charge in [-0.1, -0.05) is 17.7 Å². The molecule has 5 heteroatoms. The topological polar surface area (TPSA) is 52.2 Å². The maximum atomic E-state index is 12.6. The van der Waals surface area contributed by atoms with Gasteiger partial charge < -0.3 is 14.8 Å². The van der Waals surface area contributed by atoms with E-state index in [4.69, 9.17) is 0 Å². The number of carbonyl (C=O) groups excluding carboxylic acids is 1. The van der Waals surface area contributed by atoms with Gasteiger partial charge in [0.15, 0.2) is 5.82 Å². The van der Waals surface area contributed by atoms with Gasteiger partial charge in [-0.15, -0.1) is 0 Å². The Bertz CT molecular complexity index is 623. The number of imidazole rings is 1. The van der Waals surface area contributed by atoms with Gasteiger partial charge in [-0.25, -0.2) is 4.98 Å². The van der Waals surface area contributed by atoms with Crippen LogP contribution in [0.25, 0.3) is 0 Å². The Morgan fingerprint density at radius 3 is 2.36 bits per heavy atom. The van der Waals surface area contributed by atoms with Crippen molar-refractivity contribution in [2.45, 2.75) is 32.9 Å². The minimum Gasteiger partial charge on any atom is -0.367 e. The zero-order valence-electron chi connectivity index (χ0n) is 13.3. The second kappa shape index (κ2) is 5.83. The summed E-state index contributed by atoms with van der Waals surface area (Å²) in [5.41, 5.74) is 2.48. The fraction of sp³-hybridized carbons (Fsp3) is 0.412. The fourth-order valence-electron chi connectivity index (χ4n) is 3.19. The van der Waals surface area contributed by atoms with Crippen molar-refractivity contribution in [1.29, 1.82) is 0 Å². The Kier molecular flexibility index (Phi) is 3.88. The lowest BCUT2D eigenvalue weighted by molar-refractivity contribution is 0.0563. The summed E-state index contributed by atoms with van der Waals surface area (Å²) < 4.78 is 0. The Morgan fingerprint density at radius 2 is 1.82 bits per heavy atom. The van der Waals surface area contributed by atoms with Gasteiger partial charge in [0.05, 0.1) is 0 Å². The van der Waals surface area contributed by atoms with E-state index in [1.807, 2.05) is 4.90 Å². The summed E-state index contributed by atoms with van der Waals surface area (Å²) in [5.74, 6) is 0.399. The lowest BCUT2D eigenvalue weighted by Gasteiger charge is -2.45. The predicted octanol–water partition coefficient (Wildman–Crippen LogP) is 2.46. The Balaban J connectivity index is 1.77. The van der Waals surface area contributed by atoms with E-state index in [1.54, 1.807) is 12.4 Å². The van der Waals surface area contributed by atoms with Crippen LogP contribution in [0.5, 0.6) is 0 Å². The third kappa shape index (κ3) is 2.71. The monoisotopic (exact) mass is 298 g/mol. The van der Waals surface area contributed by atoms with Crippen LogP contribution >= 0.6 is 0 Å². The summed E-state index contributed by atoms with van der Waals surface area (Å²) >= 11 is 0. The quantitative estimate of drug-likeness (QED) is 0.926. The highest BCUT2D eigenvalue weighted by molar-refractivity contribution is 5.91. The van der Waals surface area contributed by atoms with Crippen LogP contribution < -0.4 is 4.90 Å². The predicted molar refractivity (Wildman–Crippen MR) is 87.1 cm³/mol. The van der Waals surface area contributed by atoms with Crippen LogP contribution in [-0.2, 0) is 0 Å². The smallest absolute Gasteiger partial charge is 0.290 e. The lowest BCUT2D eigenvalue weighted by Crippen LogP contribution is -2.59. The maximum Gasteiger partial charge on any atom is 0.290 e. The number of hydrogen-bond donors (Lipinski definition) is 1. The second-order valence-electron chi connectivity index (χ2n) is 6.09. The van der Waals surface area contributed by atoms with Crippen LogP contribution in [0.1, 0.15) is 30.0 Å². The normalized spacial score (nSPS) is 22.0. The molecule has 1 aliphatic rings. The number of H-pyrrole nitrogens is 1. The van der Waals surface area contributed by atoms with Crippen LogP contribution in [0, 0.1) is 6.92 Å². The highest BCUT2D eigenvalue weighted by atomic mass is 16.2. The van der Waals surface area contributed by atoms with Crippen molar-refractivity contribution in [1.82, 2.24) is 14.9 Å². The van der Waals surface area contributed by atoms with Gasteiger partial charge in [-0.3, -0.25) is 4.79 Å². The molecular formula is C17H22N4O. The third-order valence-electron chi connectivity index (χ3n) is 4.25. The molecule has 3 rings (SSSR count). The molecule has 1 fully saturated rings. The summed E-state index contributed by atoms with van der Waals surface area (Å²) in [4.78, 5) is 23.9. The Morgan fingerprint density at radius 1 is 1.18 bits per heavy atom. The molecule has 0 spiro atoms. The first-order valence-electron chi connectivity index (χ1n) is 7.70. The molecule has 22 heavy (non-hydrogen) atoms. The van der Waals surface area contributed by atoms with Crippen LogP contribution in [0.2, 0.25) is 0 Å². The van der Waals surface area contributed by atoms with E-state index in [2.05, 4.69) is 59.9 Å².